The van der Waals surface area contributed by atoms with E-state index in [9.17, 15) is 18.3 Å². The molecule has 0 spiro atoms. The Kier molecular flexibility index (Phi) is 13.8. The lowest BCUT2D eigenvalue weighted by atomic mass is 10.0. The van der Waals surface area contributed by atoms with Crippen molar-refractivity contribution in [2.45, 2.75) is 88.6 Å². The number of carbonyl (C=O) groups is 1. The summed E-state index contributed by atoms with van der Waals surface area (Å²) >= 11 is 1.80. The van der Waals surface area contributed by atoms with Crippen molar-refractivity contribution in [1.82, 2.24) is 9.62 Å². The first-order chi connectivity index (χ1) is 22.1. The number of furan rings is 1. The fraction of sp³-hybridized carbons (Fsp3) is 0.559. The van der Waals surface area contributed by atoms with Crippen LogP contribution in [-0.4, -0.2) is 80.5 Å². The highest BCUT2D eigenvalue weighted by Crippen LogP contribution is 2.29. The molecule has 2 heterocycles. The van der Waals surface area contributed by atoms with Crippen molar-refractivity contribution in [3.05, 3.63) is 65.9 Å². The zero-order chi connectivity index (χ0) is 33.1. The Bertz CT molecular complexity index is 1480. The molecule has 1 amide bonds. The van der Waals surface area contributed by atoms with E-state index in [1.54, 1.807) is 36.2 Å². The molecule has 0 saturated carbocycles. The molecule has 12 heteroatoms. The fourth-order valence-corrected chi connectivity index (χ4v) is 8.11. The van der Waals surface area contributed by atoms with Crippen LogP contribution in [0.4, 0.5) is 4.79 Å². The largest absolute Gasteiger partial charge is 0.464 e. The van der Waals surface area contributed by atoms with Gasteiger partial charge in [-0.2, -0.15) is 16.1 Å². The first-order valence-corrected chi connectivity index (χ1v) is 18.7. The number of hydrogen-bond donors (Lipinski definition) is 2. The summed E-state index contributed by atoms with van der Waals surface area (Å²) in [5.74, 6) is 1.73. The van der Waals surface area contributed by atoms with Gasteiger partial charge in [0.1, 0.15) is 5.58 Å². The van der Waals surface area contributed by atoms with Gasteiger partial charge >= 0.3 is 6.09 Å². The maximum Gasteiger partial charge on any atom is 0.407 e. The van der Waals surface area contributed by atoms with Crippen molar-refractivity contribution in [3.63, 3.8) is 0 Å². The van der Waals surface area contributed by atoms with E-state index in [2.05, 4.69) is 12.2 Å². The van der Waals surface area contributed by atoms with Crippen LogP contribution in [0.3, 0.4) is 0 Å². The van der Waals surface area contributed by atoms with Crippen molar-refractivity contribution in [1.29, 1.82) is 0 Å². The summed E-state index contributed by atoms with van der Waals surface area (Å²) in [6.45, 7) is 8.61. The van der Waals surface area contributed by atoms with Gasteiger partial charge in [-0.05, 0) is 55.2 Å². The van der Waals surface area contributed by atoms with Crippen LogP contribution in [-0.2, 0) is 36.4 Å². The van der Waals surface area contributed by atoms with Crippen molar-refractivity contribution in [3.8, 4) is 0 Å². The monoisotopic (exact) mass is 676 g/mol. The Hall–Kier alpha value is -2.61. The van der Waals surface area contributed by atoms with Gasteiger partial charge in [0.2, 0.25) is 10.0 Å². The lowest BCUT2D eigenvalue weighted by Crippen LogP contribution is -2.51. The average Bonchev–Trinajstić information content (AvgIpc) is 3.65. The van der Waals surface area contributed by atoms with Crippen LogP contribution < -0.4 is 5.32 Å². The number of nitrogens with one attached hydrogen (secondary N) is 1. The predicted octanol–water partition coefficient (Wildman–Crippen LogP) is 5.96. The van der Waals surface area contributed by atoms with E-state index in [-0.39, 0.29) is 30.3 Å². The third kappa shape index (κ3) is 9.95. The number of thioether (sulfide) groups is 1. The van der Waals surface area contributed by atoms with Gasteiger partial charge in [-0.15, -0.1) is 0 Å². The Morgan fingerprint density at radius 2 is 1.93 bits per heavy atom. The van der Waals surface area contributed by atoms with Crippen molar-refractivity contribution >= 4 is 38.8 Å². The molecule has 0 bridgehead atoms. The maximum atomic E-state index is 14.1. The summed E-state index contributed by atoms with van der Waals surface area (Å²) in [7, 11) is -4.03. The molecule has 1 saturated heterocycles. The number of rotatable bonds is 18. The van der Waals surface area contributed by atoms with Crippen LogP contribution >= 0.6 is 11.8 Å². The Balaban J connectivity index is 1.55. The highest BCUT2D eigenvalue weighted by Gasteiger charge is 2.35. The van der Waals surface area contributed by atoms with Gasteiger partial charge < -0.3 is 29.1 Å². The van der Waals surface area contributed by atoms with Gasteiger partial charge in [-0.1, -0.05) is 57.5 Å². The van der Waals surface area contributed by atoms with Gasteiger partial charge in [-0.25, -0.2) is 13.2 Å². The van der Waals surface area contributed by atoms with Crippen LogP contribution in [0.5, 0.6) is 0 Å². The third-order valence-corrected chi connectivity index (χ3v) is 10.7. The summed E-state index contributed by atoms with van der Waals surface area (Å²) < 4.78 is 52.0. The van der Waals surface area contributed by atoms with E-state index >= 15 is 0 Å². The minimum absolute atomic E-state index is 0.0199. The lowest BCUT2D eigenvalue weighted by Gasteiger charge is -2.31. The summed E-state index contributed by atoms with van der Waals surface area (Å²) in [6, 6.07) is 13.5. The van der Waals surface area contributed by atoms with Gasteiger partial charge in [0.05, 0.1) is 29.9 Å². The highest BCUT2D eigenvalue weighted by atomic mass is 32.2. The molecule has 1 aliphatic heterocycles. The van der Waals surface area contributed by atoms with Gasteiger partial charge in [0.25, 0.3) is 0 Å². The molecule has 0 radical (unpaired) electrons. The van der Waals surface area contributed by atoms with E-state index in [0.717, 1.165) is 40.9 Å². The molecule has 1 aliphatic rings. The number of unbranched alkanes of at least 4 members (excludes halogenated alkanes) is 1. The predicted molar refractivity (Wildman–Crippen MR) is 180 cm³/mol. The number of nitrogens with zero attached hydrogens (tertiary/aromatic N) is 1. The maximum absolute atomic E-state index is 14.1. The fourth-order valence-electron chi connectivity index (χ4n) is 5.38. The number of amides is 1. The van der Waals surface area contributed by atoms with E-state index in [1.807, 2.05) is 51.1 Å². The molecular formula is C34H48N2O8S2. The molecule has 0 aliphatic carbocycles. The summed E-state index contributed by atoms with van der Waals surface area (Å²) in [6.07, 6.45) is 1.48. The molecule has 2 N–H and O–H groups in total. The van der Waals surface area contributed by atoms with E-state index < -0.39 is 40.7 Å². The first kappa shape index (κ1) is 36.2. The van der Waals surface area contributed by atoms with Gasteiger partial charge in [0.15, 0.2) is 12.4 Å². The van der Waals surface area contributed by atoms with Crippen LogP contribution in [0.15, 0.2) is 64.1 Å². The second-order valence-corrected chi connectivity index (χ2v) is 15.0. The first-order valence-electron chi connectivity index (χ1n) is 16.1. The molecule has 46 heavy (non-hydrogen) atoms. The highest BCUT2D eigenvalue weighted by molar-refractivity contribution is 7.98. The van der Waals surface area contributed by atoms with E-state index in [0.29, 0.717) is 25.2 Å². The van der Waals surface area contributed by atoms with Gasteiger partial charge in [-0.3, -0.25) is 0 Å². The number of fused-ring (bicyclic) bond motifs is 1. The number of ether oxygens (including phenoxy) is 3. The number of aliphatic hydroxyl groups excluding tert-OH is 1. The molecule has 2 aromatic carbocycles. The number of alkyl carbamates (subject to hydrolysis) is 1. The second-order valence-electron chi connectivity index (χ2n) is 12.0. The van der Waals surface area contributed by atoms with Crippen LogP contribution in [0.25, 0.3) is 11.0 Å². The normalized spacial score (nSPS) is 18.3. The molecule has 1 aromatic heterocycles. The number of aliphatic hydroxyl groups is 1. The quantitative estimate of drug-likeness (QED) is 0.157. The van der Waals surface area contributed by atoms with Crippen molar-refractivity contribution in [2.24, 2.45) is 5.92 Å². The van der Waals surface area contributed by atoms with E-state index in [4.69, 9.17) is 18.6 Å². The van der Waals surface area contributed by atoms with Crippen molar-refractivity contribution in [2.75, 3.05) is 32.1 Å². The molecule has 2 unspecified atom stereocenters. The third-order valence-electron chi connectivity index (χ3n) is 7.77. The van der Waals surface area contributed by atoms with Gasteiger partial charge in [0, 0.05) is 42.8 Å². The minimum atomic E-state index is -4.03. The molecule has 10 nitrogen and oxygen atoms in total. The number of benzene rings is 2. The van der Waals surface area contributed by atoms with Crippen LogP contribution in [0, 0.1) is 5.92 Å². The lowest BCUT2D eigenvalue weighted by molar-refractivity contribution is -0.147. The number of sulfonamides is 1. The minimum Gasteiger partial charge on any atom is -0.464 e. The smallest absolute Gasteiger partial charge is 0.407 e. The Labute approximate surface area is 277 Å². The average molecular weight is 677 g/mol. The Morgan fingerprint density at radius 3 is 2.65 bits per heavy atom. The number of carbonyl (C=O) groups excluding carboxylic acids is 1. The zero-order valence-corrected chi connectivity index (χ0v) is 28.9. The molecule has 3 aromatic rings. The Morgan fingerprint density at radius 1 is 1.15 bits per heavy atom. The molecule has 1 fully saturated rings. The summed E-state index contributed by atoms with van der Waals surface area (Å²) in [5, 5.41) is 15.2. The second kappa shape index (κ2) is 17.5. The molecule has 254 valence electrons. The van der Waals surface area contributed by atoms with E-state index in [1.165, 1.54) is 4.31 Å². The molecular weight excluding hydrogens is 629 g/mol. The SMILES string of the molecule is CCCCSCc1coc2ccc(S(=O)(=O)N(CC(C)C)C[C@@H](O)[C@H](Cc3ccccc3)NC(=O)OC3CCOC3OCC)cc12. The van der Waals surface area contributed by atoms with Crippen molar-refractivity contribution < 1.29 is 36.9 Å². The number of hydrogen-bond acceptors (Lipinski definition) is 9. The summed E-state index contributed by atoms with van der Waals surface area (Å²) in [5.41, 5.74) is 2.45. The topological polar surface area (TPSA) is 128 Å². The summed E-state index contributed by atoms with van der Waals surface area (Å²) in [4.78, 5) is 13.2. The zero-order valence-electron chi connectivity index (χ0n) is 27.2. The molecule has 4 rings (SSSR count). The van der Waals surface area contributed by atoms with Crippen LogP contribution in [0.1, 0.15) is 58.1 Å². The van der Waals surface area contributed by atoms with Crippen LogP contribution in [0.2, 0.25) is 0 Å². The molecule has 4 atom stereocenters. The standard InChI is InChI=1S/C34H48N2O8S2/c1-5-7-17-45-23-26-22-43-31-14-13-27(19-28(26)31)46(39,40)36(20-24(3)4)21-30(37)29(18-25-11-9-8-10-12-25)35-34(38)44-32-15-16-42-33(32)41-6-2/h8-14,19,22,24,29-30,32-33,37H,5-7,15-18,20-21,23H2,1-4H3,(H,35,38)/t29-,30+,32?,33?/m0/s1.